The second-order valence-corrected chi connectivity index (χ2v) is 7.60. The van der Waals surface area contributed by atoms with Gasteiger partial charge in [0.1, 0.15) is 18.2 Å². The van der Waals surface area contributed by atoms with Crippen LogP contribution in [0.5, 0.6) is 5.75 Å². The van der Waals surface area contributed by atoms with Gasteiger partial charge in [-0.25, -0.2) is 4.39 Å². The van der Waals surface area contributed by atoms with Crippen molar-refractivity contribution in [3.05, 3.63) is 95.6 Å². The number of pyridine rings is 1. The van der Waals surface area contributed by atoms with Gasteiger partial charge in [0.25, 0.3) is 0 Å². The van der Waals surface area contributed by atoms with Crippen LogP contribution in [0, 0.1) is 5.82 Å². The van der Waals surface area contributed by atoms with Crippen LogP contribution < -0.4 is 10.1 Å². The van der Waals surface area contributed by atoms with Crippen molar-refractivity contribution in [2.24, 2.45) is 0 Å². The molecular formula is C25H28FN3O2. The molecule has 0 saturated carbocycles. The molecular weight excluding hydrogens is 393 g/mol. The lowest BCUT2D eigenvalue weighted by Crippen LogP contribution is -2.42. The zero-order valence-corrected chi connectivity index (χ0v) is 17.5. The molecule has 0 unspecified atom stereocenters. The van der Waals surface area contributed by atoms with Gasteiger partial charge in [-0.2, -0.15) is 0 Å². The number of hydrogen-bond acceptors (Lipinski definition) is 5. The Bertz CT molecular complexity index is 931. The Morgan fingerprint density at radius 2 is 1.84 bits per heavy atom. The molecule has 0 amide bonds. The predicted octanol–water partition coefficient (Wildman–Crippen LogP) is 3.96. The molecule has 0 radical (unpaired) electrons. The molecule has 0 aliphatic carbocycles. The van der Waals surface area contributed by atoms with E-state index in [0.29, 0.717) is 13.2 Å². The number of ether oxygens (including phenoxy) is 2. The molecule has 0 spiro atoms. The maximum Gasteiger partial charge on any atom is 0.124 e. The number of halogens is 1. The van der Waals surface area contributed by atoms with E-state index in [1.807, 2.05) is 48.7 Å². The summed E-state index contributed by atoms with van der Waals surface area (Å²) in [7, 11) is 0. The molecule has 2 heterocycles. The smallest absolute Gasteiger partial charge is 0.124 e. The first kappa shape index (κ1) is 21.4. The number of nitrogens with zero attached hydrogens (tertiary/aromatic N) is 2. The minimum absolute atomic E-state index is 0.160. The quantitative estimate of drug-likeness (QED) is 0.567. The van der Waals surface area contributed by atoms with Gasteiger partial charge >= 0.3 is 0 Å². The molecule has 3 aromatic rings. The van der Waals surface area contributed by atoms with Gasteiger partial charge in [-0.1, -0.05) is 36.4 Å². The largest absolute Gasteiger partial charge is 0.489 e. The van der Waals surface area contributed by atoms with Gasteiger partial charge in [0, 0.05) is 55.7 Å². The molecule has 4 rings (SSSR count). The van der Waals surface area contributed by atoms with Gasteiger partial charge < -0.3 is 14.8 Å². The van der Waals surface area contributed by atoms with Crippen LogP contribution in [0.25, 0.3) is 0 Å². The summed E-state index contributed by atoms with van der Waals surface area (Å²) in [6, 6.07) is 19.0. The molecule has 1 saturated heterocycles. The van der Waals surface area contributed by atoms with E-state index < -0.39 is 0 Å². The van der Waals surface area contributed by atoms with E-state index in [1.165, 1.54) is 12.1 Å². The topological polar surface area (TPSA) is 46.6 Å². The van der Waals surface area contributed by atoms with Crippen LogP contribution in [0.1, 0.15) is 22.7 Å². The molecule has 2 aromatic carbocycles. The summed E-state index contributed by atoms with van der Waals surface area (Å²) in [6.45, 7) is 5.11. The van der Waals surface area contributed by atoms with Crippen molar-refractivity contribution in [3.8, 4) is 5.75 Å². The van der Waals surface area contributed by atoms with Crippen LogP contribution in [0.2, 0.25) is 0 Å². The minimum Gasteiger partial charge on any atom is -0.489 e. The van der Waals surface area contributed by atoms with Gasteiger partial charge in [0.05, 0.1) is 13.2 Å². The van der Waals surface area contributed by atoms with E-state index >= 15 is 0 Å². The molecule has 6 heteroatoms. The van der Waals surface area contributed by atoms with Crippen molar-refractivity contribution in [3.63, 3.8) is 0 Å². The van der Waals surface area contributed by atoms with E-state index in [0.717, 1.165) is 55.3 Å². The third-order valence-electron chi connectivity index (χ3n) is 5.48. The lowest BCUT2D eigenvalue weighted by molar-refractivity contribution is 0.0161. The molecule has 0 bridgehead atoms. The fourth-order valence-corrected chi connectivity index (χ4v) is 3.81. The fraction of sp³-hybridized carbons (Fsp3) is 0.320. The average Bonchev–Trinajstić information content (AvgIpc) is 2.83. The SMILES string of the molecule is Fc1ccc([C@@H](CNCc2ccccc2OCc2cccnc2)N2CCOCC2)cc1. The number of benzene rings is 2. The van der Waals surface area contributed by atoms with Crippen molar-refractivity contribution < 1.29 is 13.9 Å². The lowest BCUT2D eigenvalue weighted by Gasteiger charge is -2.35. The zero-order chi connectivity index (χ0) is 21.3. The van der Waals surface area contributed by atoms with E-state index in [1.54, 1.807) is 6.20 Å². The van der Waals surface area contributed by atoms with Crippen LogP contribution >= 0.6 is 0 Å². The van der Waals surface area contributed by atoms with Gasteiger partial charge in [-0.15, -0.1) is 0 Å². The Morgan fingerprint density at radius 1 is 1.03 bits per heavy atom. The van der Waals surface area contributed by atoms with Crippen molar-refractivity contribution in [2.45, 2.75) is 19.2 Å². The summed E-state index contributed by atoms with van der Waals surface area (Å²) >= 11 is 0. The van der Waals surface area contributed by atoms with E-state index in [-0.39, 0.29) is 11.9 Å². The van der Waals surface area contributed by atoms with Crippen LogP contribution in [0.3, 0.4) is 0 Å². The second kappa shape index (κ2) is 11.0. The molecule has 1 fully saturated rings. The second-order valence-electron chi connectivity index (χ2n) is 7.60. The van der Waals surface area contributed by atoms with E-state index in [2.05, 4.69) is 21.3 Å². The summed E-state index contributed by atoms with van der Waals surface area (Å²) in [5.41, 5.74) is 3.25. The highest BCUT2D eigenvalue weighted by Gasteiger charge is 2.22. The summed E-state index contributed by atoms with van der Waals surface area (Å²) in [4.78, 5) is 6.53. The Labute approximate surface area is 182 Å². The fourth-order valence-electron chi connectivity index (χ4n) is 3.81. The Kier molecular flexibility index (Phi) is 7.60. The molecule has 162 valence electrons. The molecule has 1 aliphatic heterocycles. The standard InChI is InChI=1S/C25H28FN3O2/c26-23-9-7-21(8-10-23)24(29-12-14-30-15-13-29)18-28-17-22-5-1-2-6-25(22)31-19-20-4-3-11-27-16-20/h1-11,16,24,28H,12-15,17-19H2/t24-/m1/s1. The van der Waals surface area contributed by atoms with Gasteiger partial charge in [-0.05, 0) is 29.8 Å². The monoisotopic (exact) mass is 421 g/mol. The Morgan fingerprint density at radius 3 is 2.61 bits per heavy atom. The third-order valence-corrected chi connectivity index (χ3v) is 5.48. The first-order valence-electron chi connectivity index (χ1n) is 10.7. The molecule has 1 atom stereocenters. The normalized spacial score (nSPS) is 15.5. The predicted molar refractivity (Wildman–Crippen MR) is 118 cm³/mol. The number of hydrogen-bond donors (Lipinski definition) is 1. The lowest BCUT2D eigenvalue weighted by atomic mass is 10.0. The van der Waals surface area contributed by atoms with Crippen LogP contribution in [-0.4, -0.2) is 42.7 Å². The summed E-state index contributed by atoms with van der Waals surface area (Å²) < 4.78 is 25.0. The molecule has 31 heavy (non-hydrogen) atoms. The molecule has 5 nitrogen and oxygen atoms in total. The van der Waals surface area contributed by atoms with Crippen molar-refractivity contribution in [2.75, 3.05) is 32.8 Å². The highest BCUT2D eigenvalue weighted by molar-refractivity contribution is 5.33. The van der Waals surface area contributed by atoms with Crippen molar-refractivity contribution >= 4 is 0 Å². The number of para-hydroxylation sites is 1. The highest BCUT2D eigenvalue weighted by atomic mass is 19.1. The number of rotatable bonds is 9. The number of aromatic nitrogens is 1. The van der Waals surface area contributed by atoms with E-state index in [4.69, 9.17) is 9.47 Å². The summed E-state index contributed by atoms with van der Waals surface area (Å²) in [6.07, 6.45) is 3.57. The Hall–Kier alpha value is -2.80. The first-order chi connectivity index (χ1) is 15.3. The highest BCUT2D eigenvalue weighted by Crippen LogP contribution is 2.23. The van der Waals surface area contributed by atoms with E-state index in [9.17, 15) is 4.39 Å². The molecule has 1 aliphatic rings. The molecule has 1 N–H and O–H groups in total. The van der Waals surface area contributed by atoms with Crippen molar-refractivity contribution in [1.82, 2.24) is 15.2 Å². The zero-order valence-electron chi connectivity index (χ0n) is 17.5. The van der Waals surface area contributed by atoms with Crippen molar-refractivity contribution in [1.29, 1.82) is 0 Å². The summed E-state index contributed by atoms with van der Waals surface area (Å²) in [5, 5.41) is 3.58. The first-order valence-corrected chi connectivity index (χ1v) is 10.7. The summed E-state index contributed by atoms with van der Waals surface area (Å²) in [5.74, 6) is 0.653. The van der Waals surface area contributed by atoms with Gasteiger partial charge in [0.15, 0.2) is 0 Å². The number of morpholine rings is 1. The average molecular weight is 422 g/mol. The maximum absolute atomic E-state index is 13.4. The van der Waals surface area contributed by atoms with Gasteiger partial charge in [-0.3, -0.25) is 9.88 Å². The third kappa shape index (κ3) is 6.10. The Balaban J connectivity index is 1.39. The van der Waals surface area contributed by atoms with Crippen LogP contribution in [0.15, 0.2) is 73.1 Å². The van der Waals surface area contributed by atoms with Gasteiger partial charge in [0.2, 0.25) is 0 Å². The number of nitrogens with one attached hydrogen (secondary N) is 1. The van der Waals surface area contributed by atoms with Crippen LogP contribution in [-0.2, 0) is 17.9 Å². The van der Waals surface area contributed by atoms with Crippen LogP contribution in [0.4, 0.5) is 4.39 Å². The minimum atomic E-state index is -0.211. The maximum atomic E-state index is 13.4. The molecule has 1 aromatic heterocycles.